The van der Waals surface area contributed by atoms with Gasteiger partial charge in [-0.05, 0) is 44.7 Å². The molecule has 2 N–H and O–H groups in total. The van der Waals surface area contributed by atoms with Gasteiger partial charge in [-0.25, -0.2) is 4.79 Å². The van der Waals surface area contributed by atoms with Crippen molar-refractivity contribution >= 4 is 5.97 Å². The fourth-order valence-electron chi connectivity index (χ4n) is 2.74. The molecule has 1 aliphatic heterocycles. The molecule has 1 unspecified atom stereocenters. The van der Waals surface area contributed by atoms with Gasteiger partial charge in [0.15, 0.2) is 0 Å². The van der Waals surface area contributed by atoms with Crippen molar-refractivity contribution in [1.29, 1.82) is 0 Å². The van der Waals surface area contributed by atoms with Gasteiger partial charge >= 0.3 is 5.97 Å². The molecule has 2 rings (SSSR count). The zero-order valence-corrected chi connectivity index (χ0v) is 11.3. The number of aryl methyl sites for hydroxylation is 1. The average Bonchev–Trinajstić information content (AvgIpc) is 2.72. The summed E-state index contributed by atoms with van der Waals surface area (Å²) in [7, 11) is 0. The lowest BCUT2D eigenvalue weighted by atomic mass is 9.95. The monoisotopic (exact) mass is 267 g/mol. The molecule has 106 valence electrons. The van der Waals surface area contributed by atoms with E-state index in [2.05, 4.69) is 4.90 Å². The van der Waals surface area contributed by atoms with E-state index in [1.807, 2.05) is 0 Å². The van der Waals surface area contributed by atoms with Crippen LogP contribution in [0.5, 0.6) is 0 Å². The van der Waals surface area contributed by atoms with Crippen LogP contribution in [0.2, 0.25) is 0 Å². The molecular formula is C14H21NO4. The van der Waals surface area contributed by atoms with Crippen molar-refractivity contribution in [3.63, 3.8) is 0 Å². The molecule has 5 heteroatoms. The molecule has 0 amide bonds. The quantitative estimate of drug-likeness (QED) is 0.852. The van der Waals surface area contributed by atoms with E-state index >= 15 is 0 Å². The third-order valence-electron chi connectivity index (χ3n) is 3.77. The minimum atomic E-state index is -1.02. The first-order valence-corrected chi connectivity index (χ1v) is 6.76. The number of nitrogens with zero attached hydrogens (tertiary/aromatic N) is 1. The number of carbonyl (C=O) groups is 1. The summed E-state index contributed by atoms with van der Waals surface area (Å²) in [6, 6.07) is 1.62. The molecule has 0 radical (unpaired) electrons. The highest BCUT2D eigenvalue weighted by Crippen LogP contribution is 2.23. The van der Waals surface area contributed by atoms with E-state index < -0.39 is 5.97 Å². The van der Waals surface area contributed by atoms with Crippen LogP contribution in [0.1, 0.15) is 41.1 Å². The van der Waals surface area contributed by atoms with Crippen molar-refractivity contribution in [2.75, 3.05) is 19.7 Å². The molecule has 1 aromatic rings. The lowest BCUT2D eigenvalue weighted by Gasteiger charge is -2.32. The van der Waals surface area contributed by atoms with Crippen molar-refractivity contribution in [2.24, 2.45) is 5.92 Å². The molecular weight excluding hydrogens is 246 g/mol. The number of furan rings is 1. The largest absolute Gasteiger partial charge is 0.475 e. The van der Waals surface area contributed by atoms with Crippen molar-refractivity contribution in [3.8, 4) is 0 Å². The van der Waals surface area contributed by atoms with E-state index in [1.54, 1.807) is 13.0 Å². The standard InChI is InChI=1S/C14H21NO4/c1-10-12(7-13(19-10)14(17)18)9-15-5-2-3-11(8-15)4-6-16/h7,11,16H,2-6,8-9H2,1H3,(H,17,18). The Labute approximate surface area is 112 Å². The number of carboxylic acids is 1. The number of aromatic carboxylic acids is 1. The molecule has 1 aromatic heterocycles. The number of hydrogen-bond acceptors (Lipinski definition) is 4. The number of carboxylic acid groups (broad SMARTS) is 1. The predicted molar refractivity (Wildman–Crippen MR) is 70.1 cm³/mol. The van der Waals surface area contributed by atoms with Gasteiger partial charge in [0.25, 0.3) is 0 Å². The van der Waals surface area contributed by atoms with Gasteiger partial charge < -0.3 is 14.6 Å². The number of piperidine rings is 1. The highest BCUT2D eigenvalue weighted by Gasteiger charge is 2.21. The van der Waals surface area contributed by atoms with Crippen LogP contribution in [0.3, 0.4) is 0 Å². The SMILES string of the molecule is Cc1oc(C(=O)O)cc1CN1CCCC(CCO)C1. The smallest absolute Gasteiger partial charge is 0.371 e. The van der Waals surface area contributed by atoms with E-state index in [9.17, 15) is 4.79 Å². The predicted octanol–water partition coefficient (Wildman–Crippen LogP) is 1.88. The second-order valence-electron chi connectivity index (χ2n) is 5.25. The average molecular weight is 267 g/mol. The Bertz CT molecular complexity index is 439. The highest BCUT2D eigenvalue weighted by atomic mass is 16.4. The molecule has 0 saturated carbocycles. The van der Waals surface area contributed by atoms with Gasteiger partial charge in [0.2, 0.25) is 5.76 Å². The summed E-state index contributed by atoms with van der Waals surface area (Å²) >= 11 is 0. The van der Waals surface area contributed by atoms with Crippen LogP contribution >= 0.6 is 0 Å². The Balaban J connectivity index is 1.98. The van der Waals surface area contributed by atoms with E-state index in [1.165, 1.54) is 6.42 Å². The zero-order valence-electron chi connectivity index (χ0n) is 11.3. The molecule has 1 saturated heterocycles. The zero-order chi connectivity index (χ0) is 13.8. The van der Waals surface area contributed by atoms with Crippen LogP contribution in [0.15, 0.2) is 10.5 Å². The highest BCUT2D eigenvalue weighted by molar-refractivity contribution is 5.84. The maximum absolute atomic E-state index is 10.9. The van der Waals surface area contributed by atoms with E-state index in [0.717, 1.165) is 38.0 Å². The molecule has 5 nitrogen and oxygen atoms in total. The van der Waals surface area contributed by atoms with Crippen molar-refractivity contribution < 1.29 is 19.4 Å². The van der Waals surface area contributed by atoms with Crippen LogP contribution in [0.4, 0.5) is 0 Å². The molecule has 0 bridgehead atoms. The molecule has 0 spiro atoms. The summed E-state index contributed by atoms with van der Waals surface area (Å²) < 4.78 is 5.23. The Morgan fingerprint density at radius 2 is 2.37 bits per heavy atom. The fraction of sp³-hybridized carbons (Fsp3) is 0.643. The second kappa shape index (κ2) is 6.21. The third kappa shape index (κ3) is 3.58. The van der Waals surface area contributed by atoms with Gasteiger partial charge in [-0.15, -0.1) is 0 Å². The summed E-state index contributed by atoms with van der Waals surface area (Å²) in [5.74, 6) is 0.217. The molecule has 2 heterocycles. The van der Waals surface area contributed by atoms with Crippen LogP contribution in [0, 0.1) is 12.8 Å². The Morgan fingerprint density at radius 1 is 1.58 bits per heavy atom. The normalized spacial score (nSPS) is 20.6. The number of rotatable bonds is 5. The van der Waals surface area contributed by atoms with Gasteiger partial charge in [-0.3, -0.25) is 4.90 Å². The molecule has 1 aliphatic rings. The number of likely N-dealkylation sites (tertiary alicyclic amines) is 1. The maximum Gasteiger partial charge on any atom is 0.371 e. The van der Waals surface area contributed by atoms with Gasteiger partial charge in [-0.2, -0.15) is 0 Å². The lowest BCUT2D eigenvalue weighted by molar-refractivity contribution is 0.0661. The first kappa shape index (κ1) is 14.1. The molecule has 1 atom stereocenters. The van der Waals surface area contributed by atoms with E-state index in [0.29, 0.717) is 11.7 Å². The van der Waals surface area contributed by atoms with Crippen molar-refractivity contribution in [2.45, 2.75) is 32.7 Å². The lowest BCUT2D eigenvalue weighted by Crippen LogP contribution is -2.35. The summed E-state index contributed by atoms with van der Waals surface area (Å²) in [6.45, 7) is 4.76. The Morgan fingerprint density at radius 3 is 3.00 bits per heavy atom. The third-order valence-corrected chi connectivity index (χ3v) is 3.77. The first-order valence-electron chi connectivity index (χ1n) is 6.76. The molecule has 0 aromatic carbocycles. The molecule has 1 fully saturated rings. The van der Waals surface area contributed by atoms with E-state index in [-0.39, 0.29) is 12.4 Å². The van der Waals surface area contributed by atoms with Gasteiger partial charge in [0.05, 0.1) is 0 Å². The topological polar surface area (TPSA) is 73.9 Å². The minimum absolute atomic E-state index is 0.0106. The van der Waals surface area contributed by atoms with Crippen LogP contribution in [0.25, 0.3) is 0 Å². The minimum Gasteiger partial charge on any atom is -0.475 e. The van der Waals surface area contributed by atoms with E-state index in [4.69, 9.17) is 14.6 Å². The first-order chi connectivity index (χ1) is 9.10. The van der Waals surface area contributed by atoms with Crippen molar-refractivity contribution in [3.05, 3.63) is 23.2 Å². The number of aliphatic hydroxyl groups is 1. The van der Waals surface area contributed by atoms with Crippen molar-refractivity contribution in [1.82, 2.24) is 4.90 Å². The Kier molecular flexibility index (Phi) is 4.61. The van der Waals surface area contributed by atoms with Crippen LogP contribution in [-0.2, 0) is 6.54 Å². The Hall–Kier alpha value is -1.33. The van der Waals surface area contributed by atoms with Crippen LogP contribution < -0.4 is 0 Å². The summed E-state index contributed by atoms with van der Waals surface area (Å²) in [6.07, 6.45) is 3.15. The number of aliphatic hydroxyl groups excluding tert-OH is 1. The fourth-order valence-corrected chi connectivity index (χ4v) is 2.74. The second-order valence-corrected chi connectivity index (χ2v) is 5.25. The molecule has 0 aliphatic carbocycles. The summed E-state index contributed by atoms with van der Waals surface area (Å²) in [4.78, 5) is 13.2. The van der Waals surface area contributed by atoms with Crippen LogP contribution in [-0.4, -0.2) is 40.8 Å². The van der Waals surface area contributed by atoms with Gasteiger partial charge in [-0.1, -0.05) is 0 Å². The maximum atomic E-state index is 10.9. The number of hydrogen-bond donors (Lipinski definition) is 2. The van der Waals surface area contributed by atoms with Gasteiger partial charge in [0, 0.05) is 25.3 Å². The summed E-state index contributed by atoms with van der Waals surface area (Å²) in [5, 5.41) is 17.9. The molecule has 19 heavy (non-hydrogen) atoms. The van der Waals surface area contributed by atoms with Gasteiger partial charge in [0.1, 0.15) is 5.76 Å². The summed E-state index contributed by atoms with van der Waals surface area (Å²) in [5.41, 5.74) is 0.946.